The van der Waals surface area contributed by atoms with Gasteiger partial charge in [0.2, 0.25) is 5.89 Å². The van der Waals surface area contributed by atoms with Crippen LogP contribution >= 0.6 is 0 Å². The summed E-state index contributed by atoms with van der Waals surface area (Å²) in [4.78, 5) is 21.2. The first-order chi connectivity index (χ1) is 12.1. The van der Waals surface area contributed by atoms with Gasteiger partial charge in [0, 0.05) is 45.2 Å². The molecule has 1 aromatic rings. The molecule has 25 heavy (non-hydrogen) atoms. The number of amides is 2. The number of piperidine rings is 2. The van der Waals surface area contributed by atoms with E-state index in [0.29, 0.717) is 17.6 Å². The van der Waals surface area contributed by atoms with Crippen molar-refractivity contribution in [2.45, 2.75) is 45.1 Å². The van der Waals surface area contributed by atoms with Crippen LogP contribution in [0.2, 0.25) is 0 Å². The van der Waals surface area contributed by atoms with Gasteiger partial charge in [-0.25, -0.2) is 4.79 Å². The summed E-state index contributed by atoms with van der Waals surface area (Å²) >= 11 is 0. The molecule has 1 unspecified atom stereocenters. The third kappa shape index (κ3) is 5.04. The van der Waals surface area contributed by atoms with E-state index in [1.165, 1.54) is 0 Å². The van der Waals surface area contributed by atoms with E-state index >= 15 is 0 Å². The van der Waals surface area contributed by atoms with Gasteiger partial charge in [-0.15, -0.1) is 6.58 Å². The Labute approximate surface area is 149 Å². The predicted molar refractivity (Wildman–Crippen MR) is 95.2 cm³/mol. The molecule has 0 radical (unpaired) electrons. The van der Waals surface area contributed by atoms with Crippen LogP contribution < -0.4 is 5.32 Å². The number of hydrogen-bond acceptors (Lipinski definition) is 5. The number of urea groups is 1. The average molecular weight is 347 g/mol. The minimum absolute atomic E-state index is 0.0774. The van der Waals surface area contributed by atoms with Crippen molar-refractivity contribution in [3.8, 4) is 0 Å². The summed E-state index contributed by atoms with van der Waals surface area (Å²) in [6.45, 7) is 10.2. The van der Waals surface area contributed by atoms with Crippen molar-refractivity contribution in [2.75, 3.05) is 32.7 Å². The largest absolute Gasteiger partial charge is 0.339 e. The van der Waals surface area contributed by atoms with Gasteiger partial charge < -0.3 is 14.7 Å². The van der Waals surface area contributed by atoms with Crippen LogP contribution in [0.3, 0.4) is 0 Å². The minimum Gasteiger partial charge on any atom is -0.339 e. The highest BCUT2D eigenvalue weighted by Crippen LogP contribution is 2.21. The molecule has 1 atom stereocenters. The molecular weight excluding hydrogens is 318 g/mol. The van der Waals surface area contributed by atoms with Crippen LogP contribution in [-0.2, 0) is 6.42 Å². The molecule has 1 N–H and O–H groups in total. The van der Waals surface area contributed by atoms with Crippen molar-refractivity contribution in [1.82, 2.24) is 25.3 Å². The van der Waals surface area contributed by atoms with E-state index in [1.807, 2.05) is 17.9 Å². The standard InChI is InChI=1S/C18H29N5O2/c1-3-8-22-10-6-16(7-11-22)20-18(24)23-9-4-5-15(13-23)12-17-19-14(2)21-25-17/h3,15-16H,1,4-13H2,2H3,(H,20,24). The molecule has 2 aliphatic rings. The number of aromatic nitrogens is 2. The fourth-order valence-electron chi connectivity index (χ4n) is 3.79. The Hall–Kier alpha value is -1.89. The summed E-state index contributed by atoms with van der Waals surface area (Å²) in [5.74, 6) is 1.75. The zero-order valence-electron chi connectivity index (χ0n) is 15.1. The topological polar surface area (TPSA) is 74.5 Å². The summed E-state index contributed by atoms with van der Waals surface area (Å²) in [6.07, 6.45) is 6.85. The molecule has 2 amide bonds. The fourth-order valence-corrected chi connectivity index (χ4v) is 3.79. The van der Waals surface area contributed by atoms with Crippen LogP contribution in [0.5, 0.6) is 0 Å². The second kappa shape index (κ2) is 8.47. The van der Waals surface area contributed by atoms with E-state index in [-0.39, 0.29) is 12.1 Å². The van der Waals surface area contributed by atoms with Gasteiger partial charge in [-0.3, -0.25) is 4.90 Å². The summed E-state index contributed by atoms with van der Waals surface area (Å²) in [7, 11) is 0. The Bertz CT molecular complexity index is 580. The van der Waals surface area contributed by atoms with Crippen molar-refractivity contribution >= 4 is 6.03 Å². The maximum Gasteiger partial charge on any atom is 0.317 e. The van der Waals surface area contributed by atoms with Crippen molar-refractivity contribution in [3.05, 3.63) is 24.4 Å². The van der Waals surface area contributed by atoms with E-state index in [9.17, 15) is 4.79 Å². The van der Waals surface area contributed by atoms with E-state index in [0.717, 1.165) is 64.8 Å². The Kier molecular flexibility index (Phi) is 6.07. The lowest BCUT2D eigenvalue weighted by molar-refractivity contribution is 0.150. The van der Waals surface area contributed by atoms with Crippen molar-refractivity contribution < 1.29 is 9.32 Å². The summed E-state index contributed by atoms with van der Waals surface area (Å²) < 4.78 is 5.22. The molecule has 2 fully saturated rings. The first kappa shape index (κ1) is 17.9. The molecule has 3 heterocycles. The number of rotatable bonds is 5. The van der Waals surface area contributed by atoms with Crippen LogP contribution in [0, 0.1) is 12.8 Å². The number of carbonyl (C=O) groups is 1. The molecule has 0 bridgehead atoms. The van der Waals surface area contributed by atoms with Crippen LogP contribution in [0.15, 0.2) is 17.2 Å². The number of aryl methyl sites for hydroxylation is 1. The predicted octanol–water partition coefficient (Wildman–Crippen LogP) is 1.99. The lowest BCUT2D eigenvalue weighted by atomic mass is 9.95. The van der Waals surface area contributed by atoms with Gasteiger partial charge in [0.05, 0.1) is 0 Å². The molecule has 7 nitrogen and oxygen atoms in total. The number of nitrogens with one attached hydrogen (secondary N) is 1. The smallest absolute Gasteiger partial charge is 0.317 e. The van der Waals surface area contributed by atoms with Gasteiger partial charge in [0.15, 0.2) is 5.82 Å². The Balaban J connectivity index is 1.44. The summed E-state index contributed by atoms with van der Waals surface area (Å²) in [5, 5.41) is 7.07. The maximum absolute atomic E-state index is 12.6. The SMILES string of the molecule is C=CCN1CCC(NC(=O)N2CCCC(Cc3nc(C)no3)C2)CC1. The average Bonchev–Trinajstić information content (AvgIpc) is 3.02. The van der Waals surface area contributed by atoms with E-state index in [1.54, 1.807) is 0 Å². The maximum atomic E-state index is 12.6. The molecule has 0 saturated carbocycles. The summed E-state index contributed by atoms with van der Waals surface area (Å²) in [5.41, 5.74) is 0. The molecule has 0 spiro atoms. The van der Waals surface area contributed by atoms with Gasteiger partial charge in [-0.2, -0.15) is 4.98 Å². The minimum atomic E-state index is 0.0774. The van der Waals surface area contributed by atoms with Crippen LogP contribution in [0.4, 0.5) is 4.79 Å². The highest BCUT2D eigenvalue weighted by molar-refractivity contribution is 5.74. The molecule has 138 valence electrons. The zero-order valence-corrected chi connectivity index (χ0v) is 15.1. The normalized spacial score (nSPS) is 22.8. The van der Waals surface area contributed by atoms with Gasteiger partial charge >= 0.3 is 6.03 Å². The van der Waals surface area contributed by atoms with Gasteiger partial charge in [0.1, 0.15) is 0 Å². The van der Waals surface area contributed by atoms with Crippen LogP contribution in [0.25, 0.3) is 0 Å². The van der Waals surface area contributed by atoms with Gasteiger partial charge in [-0.05, 0) is 38.5 Å². The zero-order chi connectivity index (χ0) is 17.6. The first-order valence-corrected chi connectivity index (χ1v) is 9.32. The quantitative estimate of drug-likeness (QED) is 0.825. The Morgan fingerprint density at radius 2 is 2.16 bits per heavy atom. The number of hydrogen-bond donors (Lipinski definition) is 1. The second-order valence-corrected chi connectivity index (χ2v) is 7.21. The van der Waals surface area contributed by atoms with Gasteiger partial charge in [0.25, 0.3) is 0 Å². The third-order valence-corrected chi connectivity index (χ3v) is 5.14. The molecule has 2 saturated heterocycles. The molecular formula is C18H29N5O2. The molecule has 0 aromatic carbocycles. The van der Waals surface area contributed by atoms with Crippen LogP contribution in [-0.4, -0.2) is 64.7 Å². The van der Waals surface area contributed by atoms with Crippen molar-refractivity contribution in [3.63, 3.8) is 0 Å². The highest BCUT2D eigenvalue weighted by Gasteiger charge is 2.27. The summed E-state index contributed by atoms with van der Waals surface area (Å²) in [6, 6.07) is 0.362. The van der Waals surface area contributed by atoms with E-state index < -0.39 is 0 Å². The monoisotopic (exact) mass is 347 g/mol. The number of likely N-dealkylation sites (tertiary alicyclic amines) is 2. The molecule has 3 rings (SSSR count). The van der Waals surface area contributed by atoms with E-state index in [2.05, 4.69) is 26.9 Å². The molecule has 2 aliphatic heterocycles. The lowest BCUT2D eigenvalue weighted by Crippen LogP contribution is -2.51. The Morgan fingerprint density at radius 3 is 2.84 bits per heavy atom. The lowest BCUT2D eigenvalue weighted by Gasteiger charge is -2.36. The second-order valence-electron chi connectivity index (χ2n) is 7.21. The number of nitrogens with zero attached hydrogens (tertiary/aromatic N) is 4. The third-order valence-electron chi connectivity index (χ3n) is 5.14. The van der Waals surface area contributed by atoms with Gasteiger partial charge in [-0.1, -0.05) is 11.2 Å². The van der Waals surface area contributed by atoms with Crippen molar-refractivity contribution in [1.29, 1.82) is 0 Å². The van der Waals surface area contributed by atoms with Crippen LogP contribution in [0.1, 0.15) is 37.4 Å². The number of carbonyl (C=O) groups excluding carboxylic acids is 1. The first-order valence-electron chi connectivity index (χ1n) is 9.32. The highest BCUT2D eigenvalue weighted by atomic mass is 16.5. The van der Waals surface area contributed by atoms with Crippen molar-refractivity contribution in [2.24, 2.45) is 5.92 Å². The Morgan fingerprint density at radius 1 is 1.36 bits per heavy atom. The molecule has 1 aromatic heterocycles. The van der Waals surface area contributed by atoms with E-state index in [4.69, 9.17) is 4.52 Å². The molecule has 7 heteroatoms. The fraction of sp³-hybridized carbons (Fsp3) is 0.722. The molecule has 0 aliphatic carbocycles.